The molecule has 1 atom stereocenters. The van der Waals surface area contributed by atoms with E-state index < -0.39 is 0 Å². The summed E-state index contributed by atoms with van der Waals surface area (Å²) in [6.07, 6.45) is 4.35. The van der Waals surface area contributed by atoms with Gasteiger partial charge in [-0.3, -0.25) is 4.79 Å². The predicted molar refractivity (Wildman–Crippen MR) is 89.0 cm³/mol. The van der Waals surface area contributed by atoms with Crippen LogP contribution in [0, 0.1) is 5.41 Å². The number of hydrogen-bond acceptors (Lipinski definition) is 3. The van der Waals surface area contributed by atoms with Crippen molar-refractivity contribution < 1.29 is 9.53 Å². The average Bonchev–Trinajstić information content (AvgIpc) is 2.95. The van der Waals surface area contributed by atoms with E-state index in [1.807, 2.05) is 26.2 Å². The van der Waals surface area contributed by atoms with Crippen molar-refractivity contribution in [3.8, 4) is 5.75 Å². The third-order valence-corrected chi connectivity index (χ3v) is 4.84. The number of likely N-dealkylation sites (N-methyl/N-ethyl adjacent to an activating group) is 1. The average molecular weight is 304 g/mol. The number of nitrogens with zero attached hydrogens (tertiary/aromatic N) is 1. The normalized spacial score (nSPS) is 18.2. The Morgan fingerprint density at radius 2 is 1.86 bits per heavy atom. The first-order chi connectivity index (χ1) is 10.5. The van der Waals surface area contributed by atoms with Crippen LogP contribution in [0.3, 0.4) is 0 Å². The molecule has 0 heterocycles. The minimum atomic E-state index is -0.170. The molecule has 4 nitrogen and oxygen atoms in total. The van der Waals surface area contributed by atoms with Crippen molar-refractivity contribution >= 4 is 5.91 Å². The highest BCUT2D eigenvalue weighted by atomic mass is 16.5. The second kappa shape index (κ2) is 7.14. The van der Waals surface area contributed by atoms with Gasteiger partial charge < -0.3 is 15.0 Å². The minimum Gasteiger partial charge on any atom is -0.497 e. The summed E-state index contributed by atoms with van der Waals surface area (Å²) in [6, 6.07) is 8.22. The molecule has 1 N–H and O–H groups in total. The van der Waals surface area contributed by atoms with Crippen LogP contribution in [0.15, 0.2) is 24.3 Å². The van der Waals surface area contributed by atoms with Gasteiger partial charge in [0.2, 0.25) is 5.91 Å². The lowest BCUT2D eigenvalue weighted by molar-refractivity contribution is -0.130. The van der Waals surface area contributed by atoms with Crippen LogP contribution < -0.4 is 10.1 Å². The molecule has 0 radical (unpaired) electrons. The third-order valence-electron chi connectivity index (χ3n) is 4.84. The standard InChI is InChI=1S/C18H28N2O2/c1-18(11-5-6-12-18)17(21)19-13-16(20(2)3)14-7-9-15(22-4)10-8-14/h7-10,16H,5-6,11-13H2,1-4H3,(H,19,21). The fourth-order valence-corrected chi connectivity index (χ4v) is 3.21. The second-order valence-corrected chi connectivity index (χ2v) is 6.73. The number of carbonyl (C=O) groups excluding carboxylic acids is 1. The molecule has 1 fully saturated rings. The Hall–Kier alpha value is -1.55. The molecule has 0 aliphatic heterocycles. The van der Waals surface area contributed by atoms with Crippen molar-refractivity contribution in [3.63, 3.8) is 0 Å². The maximum Gasteiger partial charge on any atom is 0.226 e. The first kappa shape index (κ1) is 16.8. The fourth-order valence-electron chi connectivity index (χ4n) is 3.21. The SMILES string of the molecule is COc1ccc(C(CNC(=O)C2(C)CCCC2)N(C)C)cc1. The van der Waals surface area contributed by atoms with Crippen LogP contribution in [-0.4, -0.2) is 38.6 Å². The highest BCUT2D eigenvalue weighted by molar-refractivity contribution is 5.82. The van der Waals surface area contributed by atoms with Crippen LogP contribution in [0.25, 0.3) is 0 Å². The number of benzene rings is 1. The van der Waals surface area contributed by atoms with E-state index in [0.29, 0.717) is 6.54 Å². The van der Waals surface area contributed by atoms with E-state index in [0.717, 1.165) is 18.6 Å². The summed E-state index contributed by atoms with van der Waals surface area (Å²) in [4.78, 5) is 14.6. The first-order valence-electron chi connectivity index (χ1n) is 8.05. The number of rotatable bonds is 6. The third kappa shape index (κ3) is 3.80. The maximum atomic E-state index is 12.5. The molecular weight excluding hydrogens is 276 g/mol. The topological polar surface area (TPSA) is 41.6 Å². The Labute approximate surface area is 133 Å². The van der Waals surface area contributed by atoms with Gasteiger partial charge in [-0.1, -0.05) is 31.9 Å². The molecule has 1 unspecified atom stereocenters. The second-order valence-electron chi connectivity index (χ2n) is 6.73. The van der Waals surface area contributed by atoms with Crippen molar-refractivity contribution in [1.82, 2.24) is 10.2 Å². The predicted octanol–water partition coefficient (Wildman–Crippen LogP) is 2.99. The lowest BCUT2D eigenvalue weighted by atomic mass is 9.87. The van der Waals surface area contributed by atoms with Gasteiger partial charge in [0.1, 0.15) is 5.75 Å². The zero-order valence-electron chi connectivity index (χ0n) is 14.2. The summed E-state index contributed by atoms with van der Waals surface area (Å²) in [5.74, 6) is 1.05. The zero-order chi connectivity index (χ0) is 16.2. The van der Waals surface area contributed by atoms with Crippen LogP contribution in [0.5, 0.6) is 5.75 Å². The van der Waals surface area contributed by atoms with Crippen molar-refractivity contribution in [2.24, 2.45) is 5.41 Å². The molecule has 1 aliphatic carbocycles. The number of carbonyl (C=O) groups is 1. The van der Waals surface area contributed by atoms with Gasteiger partial charge in [-0.15, -0.1) is 0 Å². The van der Waals surface area contributed by atoms with Crippen LogP contribution >= 0.6 is 0 Å². The molecule has 0 bridgehead atoms. The highest BCUT2D eigenvalue weighted by Gasteiger charge is 2.36. The van der Waals surface area contributed by atoms with Gasteiger partial charge in [-0.25, -0.2) is 0 Å². The van der Waals surface area contributed by atoms with Gasteiger partial charge in [-0.2, -0.15) is 0 Å². The minimum absolute atomic E-state index is 0.167. The van der Waals surface area contributed by atoms with Crippen molar-refractivity contribution in [1.29, 1.82) is 0 Å². The molecule has 0 saturated heterocycles. The van der Waals surface area contributed by atoms with E-state index in [-0.39, 0.29) is 17.4 Å². The van der Waals surface area contributed by atoms with Gasteiger partial charge in [-0.05, 0) is 44.6 Å². The molecule has 2 rings (SSSR count). The Kier molecular flexibility index (Phi) is 5.46. The Balaban J connectivity index is 2.01. The van der Waals surface area contributed by atoms with Crippen molar-refractivity contribution in [2.75, 3.05) is 27.7 Å². The van der Waals surface area contributed by atoms with E-state index in [1.165, 1.54) is 18.4 Å². The van der Waals surface area contributed by atoms with Gasteiger partial charge in [0.15, 0.2) is 0 Å². The summed E-state index contributed by atoms with van der Waals surface area (Å²) in [6.45, 7) is 2.72. The quantitative estimate of drug-likeness (QED) is 0.878. The first-order valence-corrected chi connectivity index (χ1v) is 8.05. The Bertz CT molecular complexity index is 490. The molecule has 1 saturated carbocycles. The summed E-state index contributed by atoms with van der Waals surface area (Å²) >= 11 is 0. The van der Waals surface area contributed by atoms with Crippen LogP contribution in [0.2, 0.25) is 0 Å². The van der Waals surface area contributed by atoms with E-state index >= 15 is 0 Å². The number of hydrogen-bond donors (Lipinski definition) is 1. The molecule has 1 aromatic carbocycles. The molecule has 1 aromatic rings. The van der Waals surface area contributed by atoms with E-state index in [9.17, 15) is 4.79 Å². The van der Waals surface area contributed by atoms with Gasteiger partial charge in [0.05, 0.1) is 13.2 Å². The van der Waals surface area contributed by atoms with E-state index in [2.05, 4.69) is 29.3 Å². The van der Waals surface area contributed by atoms with Gasteiger partial charge >= 0.3 is 0 Å². The fraction of sp³-hybridized carbons (Fsp3) is 0.611. The van der Waals surface area contributed by atoms with Crippen molar-refractivity contribution in [2.45, 2.75) is 38.6 Å². The summed E-state index contributed by atoms with van der Waals surface area (Å²) < 4.78 is 5.20. The van der Waals surface area contributed by atoms with Crippen molar-refractivity contribution in [3.05, 3.63) is 29.8 Å². The number of methoxy groups -OCH3 is 1. The molecule has 4 heteroatoms. The number of amides is 1. The number of nitrogens with one attached hydrogen (secondary N) is 1. The smallest absolute Gasteiger partial charge is 0.226 e. The molecule has 22 heavy (non-hydrogen) atoms. The summed E-state index contributed by atoms with van der Waals surface area (Å²) in [5.41, 5.74) is 1.01. The Morgan fingerprint density at radius 3 is 2.36 bits per heavy atom. The summed E-state index contributed by atoms with van der Waals surface area (Å²) in [5, 5.41) is 3.16. The van der Waals surface area contributed by atoms with E-state index in [1.54, 1.807) is 7.11 Å². The highest BCUT2D eigenvalue weighted by Crippen LogP contribution is 2.37. The number of ether oxygens (including phenoxy) is 1. The van der Waals surface area contributed by atoms with Gasteiger partial charge in [0, 0.05) is 12.0 Å². The van der Waals surface area contributed by atoms with E-state index in [4.69, 9.17) is 4.74 Å². The maximum absolute atomic E-state index is 12.5. The molecule has 122 valence electrons. The molecule has 1 amide bonds. The lowest BCUT2D eigenvalue weighted by Gasteiger charge is -2.28. The molecular formula is C18H28N2O2. The molecule has 1 aliphatic rings. The monoisotopic (exact) mass is 304 g/mol. The summed E-state index contributed by atoms with van der Waals surface area (Å²) in [7, 11) is 5.75. The molecule has 0 aromatic heterocycles. The molecule has 0 spiro atoms. The van der Waals surface area contributed by atoms with Crippen LogP contribution in [-0.2, 0) is 4.79 Å². The lowest BCUT2D eigenvalue weighted by Crippen LogP contribution is -2.41. The van der Waals surface area contributed by atoms with Crippen LogP contribution in [0.4, 0.5) is 0 Å². The largest absolute Gasteiger partial charge is 0.497 e. The Morgan fingerprint density at radius 1 is 1.27 bits per heavy atom. The zero-order valence-corrected chi connectivity index (χ0v) is 14.2. The van der Waals surface area contributed by atoms with Gasteiger partial charge in [0.25, 0.3) is 0 Å². The van der Waals surface area contributed by atoms with Crippen LogP contribution in [0.1, 0.15) is 44.2 Å².